The summed E-state index contributed by atoms with van der Waals surface area (Å²) in [5.74, 6) is -0.213. The summed E-state index contributed by atoms with van der Waals surface area (Å²) in [5.41, 5.74) is 0. The minimum absolute atomic E-state index is 0.0125. The van der Waals surface area contributed by atoms with Gasteiger partial charge in [0.2, 0.25) is 0 Å². The average Bonchev–Trinajstić information content (AvgIpc) is 2.71. The van der Waals surface area contributed by atoms with Crippen LogP contribution in [0, 0.1) is 6.92 Å². The first-order chi connectivity index (χ1) is 9.76. The summed E-state index contributed by atoms with van der Waals surface area (Å²) in [4.78, 5) is 14.5. The number of carboxylic acid groups (broad SMARTS) is 1. The second-order valence-electron chi connectivity index (χ2n) is 5.13. The highest BCUT2D eigenvalue weighted by molar-refractivity contribution is 7.89. The van der Waals surface area contributed by atoms with Crippen LogP contribution >= 0.6 is 0 Å². The van der Waals surface area contributed by atoms with Crippen molar-refractivity contribution in [3.8, 4) is 0 Å². The minimum atomic E-state index is -3.66. The van der Waals surface area contributed by atoms with Gasteiger partial charge in [0.15, 0.2) is 5.03 Å². The molecule has 7 nitrogen and oxygen atoms in total. The van der Waals surface area contributed by atoms with Gasteiger partial charge in [-0.1, -0.05) is 6.92 Å². The third kappa shape index (κ3) is 5.47. The molecule has 1 aromatic heterocycles. The molecule has 0 saturated carbocycles. The van der Waals surface area contributed by atoms with Gasteiger partial charge >= 0.3 is 5.97 Å². The number of aromatic nitrogens is 2. The lowest BCUT2D eigenvalue weighted by molar-refractivity contribution is -0.137. The van der Waals surface area contributed by atoms with Crippen LogP contribution in [0.15, 0.2) is 11.2 Å². The number of imidazole rings is 1. The third-order valence-electron chi connectivity index (χ3n) is 3.08. The monoisotopic (exact) mass is 317 g/mol. The summed E-state index contributed by atoms with van der Waals surface area (Å²) in [7, 11) is -3.66. The smallest absolute Gasteiger partial charge is 0.303 e. The Bertz CT molecular complexity index is 580. The lowest BCUT2D eigenvalue weighted by atomic mass is 10.1. The molecule has 0 spiro atoms. The van der Waals surface area contributed by atoms with Crippen molar-refractivity contribution in [2.75, 3.05) is 0 Å². The molecule has 0 aromatic carbocycles. The van der Waals surface area contributed by atoms with E-state index >= 15 is 0 Å². The Kier molecular flexibility index (Phi) is 6.35. The molecule has 0 aliphatic rings. The molecule has 0 bridgehead atoms. The Hall–Kier alpha value is -1.41. The van der Waals surface area contributed by atoms with E-state index < -0.39 is 16.0 Å². The molecule has 1 heterocycles. The topological polar surface area (TPSA) is 101 Å². The molecule has 8 heteroatoms. The molecule has 2 N–H and O–H groups in total. The fraction of sp³-hybridized carbons (Fsp3) is 0.692. The Morgan fingerprint density at radius 2 is 2.19 bits per heavy atom. The van der Waals surface area contributed by atoms with Gasteiger partial charge in [-0.05, 0) is 33.1 Å². The van der Waals surface area contributed by atoms with E-state index in [1.807, 2.05) is 11.5 Å². The van der Waals surface area contributed by atoms with Gasteiger partial charge in [0.1, 0.15) is 5.82 Å². The summed E-state index contributed by atoms with van der Waals surface area (Å²) in [6.07, 6.45) is 3.37. The highest BCUT2D eigenvalue weighted by atomic mass is 32.2. The lowest BCUT2D eigenvalue weighted by Crippen LogP contribution is -2.32. The van der Waals surface area contributed by atoms with Crippen molar-refractivity contribution in [2.45, 2.75) is 64.1 Å². The molecule has 1 rings (SSSR count). The molecule has 0 aliphatic carbocycles. The second kappa shape index (κ2) is 7.56. The molecule has 1 atom stereocenters. The summed E-state index contributed by atoms with van der Waals surface area (Å²) < 4.78 is 28.8. The molecular formula is C13H23N3O4S. The van der Waals surface area contributed by atoms with Gasteiger partial charge in [-0.2, -0.15) is 0 Å². The van der Waals surface area contributed by atoms with E-state index in [1.54, 1.807) is 13.8 Å². The summed E-state index contributed by atoms with van der Waals surface area (Å²) in [6.45, 7) is 6.22. The van der Waals surface area contributed by atoms with Gasteiger partial charge in [0.25, 0.3) is 10.0 Å². The van der Waals surface area contributed by atoms with Crippen molar-refractivity contribution in [1.82, 2.24) is 14.3 Å². The average molecular weight is 317 g/mol. The first-order valence-electron chi connectivity index (χ1n) is 7.04. The maximum atomic E-state index is 12.2. The predicted octanol–water partition coefficient (Wildman–Crippen LogP) is 1.52. The van der Waals surface area contributed by atoms with E-state index in [4.69, 9.17) is 5.11 Å². The molecule has 0 saturated heterocycles. The molecule has 0 fully saturated rings. The predicted molar refractivity (Wildman–Crippen MR) is 78.5 cm³/mol. The third-order valence-corrected chi connectivity index (χ3v) is 4.54. The number of rotatable bonds is 9. The zero-order valence-electron chi connectivity index (χ0n) is 12.7. The van der Waals surface area contributed by atoms with Crippen molar-refractivity contribution in [3.05, 3.63) is 12.0 Å². The zero-order valence-corrected chi connectivity index (χ0v) is 13.5. The number of carboxylic acids is 1. The number of sulfonamides is 1. The van der Waals surface area contributed by atoms with Crippen LogP contribution in [0.1, 0.15) is 45.4 Å². The number of aryl methyl sites for hydroxylation is 2. The maximum Gasteiger partial charge on any atom is 0.303 e. The van der Waals surface area contributed by atoms with Crippen LogP contribution in [0.3, 0.4) is 0 Å². The Balaban J connectivity index is 2.68. The van der Waals surface area contributed by atoms with Gasteiger partial charge in [0.05, 0.1) is 0 Å². The highest BCUT2D eigenvalue weighted by Crippen LogP contribution is 2.11. The quantitative estimate of drug-likeness (QED) is 0.719. The lowest BCUT2D eigenvalue weighted by Gasteiger charge is -2.12. The van der Waals surface area contributed by atoms with Crippen molar-refractivity contribution >= 4 is 16.0 Å². The molecule has 0 amide bonds. The van der Waals surface area contributed by atoms with Crippen LogP contribution < -0.4 is 4.72 Å². The van der Waals surface area contributed by atoms with Crippen LogP contribution in [0.2, 0.25) is 0 Å². The number of hydrogen-bond acceptors (Lipinski definition) is 4. The van der Waals surface area contributed by atoms with E-state index in [2.05, 4.69) is 9.71 Å². The summed E-state index contributed by atoms with van der Waals surface area (Å²) >= 11 is 0. The Morgan fingerprint density at radius 3 is 2.76 bits per heavy atom. The number of nitrogens with one attached hydrogen (secondary N) is 1. The van der Waals surface area contributed by atoms with Crippen molar-refractivity contribution in [3.63, 3.8) is 0 Å². The van der Waals surface area contributed by atoms with Crippen molar-refractivity contribution in [2.24, 2.45) is 0 Å². The SMILES string of the molecule is CCCn1cc(S(=O)(=O)NC(C)CCCC(=O)O)nc1C. The fourth-order valence-electron chi connectivity index (χ4n) is 2.02. The van der Waals surface area contributed by atoms with Crippen molar-refractivity contribution in [1.29, 1.82) is 0 Å². The number of nitrogens with zero attached hydrogens (tertiary/aromatic N) is 2. The molecule has 21 heavy (non-hydrogen) atoms. The highest BCUT2D eigenvalue weighted by Gasteiger charge is 2.21. The van der Waals surface area contributed by atoms with Gasteiger partial charge < -0.3 is 9.67 Å². The molecule has 1 unspecified atom stereocenters. The van der Waals surface area contributed by atoms with Crippen LogP contribution in [0.5, 0.6) is 0 Å². The largest absolute Gasteiger partial charge is 0.481 e. The van der Waals surface area contributed by atoms with E-state index in [-0.39, 0.29) is 17.5 Å². The Morgan fingerprint density at radius 1 is 1.52 bits per heavy atom. The summed E-state index contributed by atoms with van der Waals surface area (Å²) in [6, 6.07) is -0.328. The second-order valence-corrected chi connectivity index (χ2v) is 6.79. The summed E-state index contributed by atoms with van der Waals surface area (Å²) in [5, 5.41) is 8.58. The van der Waals surface area contributed by atoms with Crippen LogP contribution in [0.25, 0.3) is 0 Å². The number of aliphatic carboxylic acids is 1. The fourth-order valence-corrected chi connectivity index (χ4v) is 3.31. The van der Waals surface area contributed by atoms with Crippen LogP contribution in [-0.2, 0) is 21.4 Å². The standard InChI is InChI=1S/C13H23N3O4S/c1-4-8-16-9-12(14-11(16)3)21(19,20)15-10(2)6-5-7-13(17)18/h9-10,15H,4-8H2,1-3H3,(H,17,18). The molecule has 0 radical (unpaired) electrons. The molecule has 120 valence electrons. The van der Waals surface area contributed by atoms with Crippen molar-refractivity contribution < 1.29 is 18.3 Å². The van der Waals surface area contributed by atoms with Gasteiger partial charge in [-0.3, -0.25) is 4.79 Å². The van der Waals surface area contributed by atoms with Gasteiger partial charge in [-0.25, -0.2) is 18.1 Å². The van der Waals surface area contributed by atoms with E-state index in [0.29, 0.717) is 18.7 Å². The Labute approximate surface area is 125 Å². The van der Waals surface area contributed by atoms with Gasteiger partial charge in [-0.15, -0.1) is 0 Å². The zero-order chi connectivity index (χ0) is 16.0. The van der Waals surface area contributed by atoms with E-state index in [0.717, 1.165) is 13.0 Å². The number of hydrogen-bond donors (Lipinski definition) is 2. The van der Waals surface area contributed by atoms with Crippen LogP contribution in [0.4, 0.5) is 0 Å². The molecular weight excluding hydrogens is 294 g/mol. The molecule has 1 aromatic rings. The maximum absolute atomic E-state index is 12.2. The first kappa shape index (κ1) is 17.6. The normalized spacial score (nSPS) is 13.3. The van der Waals surface area contributed by atoms with Gasteiger partial charge in [0, 0.05) is 25.2 Å². The number of carbonyl (C=O) groups is 1. The van der Waals surface area contributed by atoms with E-state index in [9.17, 15) is 13.2 Å². The minimum Gasteiger partial charge on any atom is -0.481 e. The first-order valence-corrected chi connectivity index (χ1v) is 8.52. The molecule has 0 aliphatic heterocycles. The van der Waals surface area contributed by atoms with E-state index in [1.165, 1.54) is 6.20 Å². The van der Waals surface area contributed by atoms with Crippen LogP contribution in [-0.4, -0.2) is 35.1 Å².